The third-order valence-corrected chi connectivity index (χ3v) is 6.74. The van der Waals surface area contributed by atoms with Crippen LogP contribution in [0.1, 0.15) is 47.8 Å². The Bertz CT molecular complexity index is 1500. The summed E-state index contributed by atoms with van der Waals surface area (Å²) < 4.78 is 19.1. The lowest BCUT2D eigenvalue weighted by Crippen LogP contribution is -2.15. The van der Waals surface area contributed by atoms with Gasteiger partial charge >= 0.3 is 5.97 Å². The number of carbonyl (C=O) groups is 2. The first kappa shape index (κ1) is 26.0. The van der Waals surface area contributed by atoms with Gasteiger partial charge in [-0.3, -0.25) is 4.79 Å². The smallest absolute Gasteiger partial charge is 0.336 e. The van der Waals surface area contributed by atoms with Crippen molar-refractivity contribution in [3.63, 3.8) is 0 Å². The van der Waals surface area contributed by atoms with Crippen LogP contribution < -0.4 is 9.47 Å². The van der Waals surface area contributed by atoms with Crippen LogP contribution in [0.15, 0.2) is 66.2 Å². The van der Waals surface area contributed by atoms with Gasteiger partial charge in [-0.25, -0.2) is 4.79 Å². The molecular formula is C29H28N2O5S. The van der Waals surface area contributed by atoms with Crippen molar-refractivity contribution >= 4 is 40.1 Å². The van der Waals surface area contributed by atoms with Crippen LogP contribution in [0, 0.1) is 0 Å². The van der Waals surface area contributed by atoms with Gasteiger partial charge in [0.15, 0.2) is 17.3 Å². The maximum atomic E-state index is 13.9. The van der Waals surface area contributed by atoms with E-state index in [4.69, 9.17) is 9.47 Å². The molecule has 0 fully saturated rings. The molecule has 0 spiro atoms. The predicted octanol–water partition coefficient (Wildman–Crippen LogP) is 5.97. The molecule has 190 valence electrons. The third kappa shape index (κ3) is 5.54. The summed E-state index contributed by atoms with van der Waals surface area (Å²) in [5.41, 5.74) is 3.96. The predicted molar refractivity (Wildman–Crippen MR) is 145 cm³/mol. The van der Waals surface area contributed by atoms with Crippen LogP contribution in [-0.2, 0) is 16.6 Å². The second-order valence-corrected chi connectivity index (χ2v) is 10.2. The Labute approximate surface area is 219 Å². The maximum absolute atomic E-state index is 13.9. The number of allylic oxidation sites excluding steroid dienone is 1. The van der Waals surface area contributed by atoms with Crippen molar-refractivity contribution in [1.82, 2.24) is 8.75 Å². The highest BCUT2D eigenvalue weighted by molar-refractivity contribution is 7.00. The number of carbonyl (C=O) groups excluding carboxylic acids is 1. The van der Waals surface area contributed by atoms with Crippen LogP contribution in [-0.4, -0.2) is 39.8 Å². The van der Waals surface area contributed by atoms with E-state index >= 15 is 0 Å². The quantitative estimate of drug-likeness (QED) is 0.228. The van der Waals surface area contributed by atoms with E-state index in [0.29, 0.717) is 33.7 Å². The molecule has 1 aromatic heterocycles. The minimum Gasteiger partial charge on any atom is -0.493 e. The molecule has 7 nitrogen and oxygen atoms in total. The number of rotatable bonds is 8. The van der Waals surface area contributed by atoms with Crippen molar-refractivity contribution in [3.05, 3.63) is 88.5 Å². The molecule has 0 saturated heterocycles. The molecule has 0 atom stereocenters. The molecule has 0 saturated carbocycles. The Morgan fingerprint density at radius 1 is 0.838 bits per heavy atom. The number of nitrogens with zero attached hydrogens (tertiary/aromatic N) is 2. The summed E-state index contributed by atoms with van der Waals surface area (Å²) in [5, 5.41) is 10.3. The van der Waals surface area contributed by atoms with Gasteiger partial charge in [-0.05, 0) is 52.4 Å². The number of aliphatic carboxylic acids is 1. The molecule has 4 aromatic rings. The molecule has 3 aromatic carbocycles. The molecule has 37 heavy (non-hydrogen) atoms. The molecule has 0 aliphatic rings. The summed E-state index contributed by atoms with van der Waals surface area (Å²) >= 11 is 1.05. The SMILES string of the molecule is COc1ccc(C(=O)/C(Cc2ccc(C(C)(C)C)cc2)=C(/C(=O)O)c2ccc3nsnc3c2)cc1OC. The van der Waals surface area contributed by atoms with Gasteiger partial charge in [0.05, 0.1) is 31.5 Å². The number of Topliss-reactive ketones (excluding diaryl/α,β-unsaturated/α-hetero) is 1. The number of carboxylic acids is 1. The number of carboxylic acid groups (broad SMARTS) is 1. The lowest BCUT2D eigenvalue weighted by atomic mass is 9.85. The highest BCUT2D eigenvalue weighted by Crippen LogP contribution is 2.32. The van der Waals surface area contributed by atoms with Gasteiger partial charge in [-0.1, -0.05) is 51.1 Å². The lowest BCUT2D eigenvalue weighted by molar-refractivity contribution is -0.130. The monoisotopic (exact) mass is 516 g/mol. The highest BCUT2D eigenvalue weighted by Gasteiger charge is 2.25. The zero-order chi connectivity index (χ0) is 26.7. The summed E-state index contributed by atoms with van der Waals surface area (Å²) in [7, 11) is 3.00. The molecule has 0 radical (unpaired) electrons. The molecule has 1 heterocycles. The molecule has 0 unspecified atom stereocenters. The molecule has 0 bridgehead atoms. The lowest BCUT2D eigenvalue weighted by Gasteiger charge is -2.19. The van der Waals surface area contributed by atoms with Crippen LogP contribution in [0.25, 0.3) is 16.6 Å². The number of ether oxygens (including phenoxy) is 2. The Kier molecular flexibility index (Phi) is 7.40. The minimum absolute atomic E-state index is 0.0319. The number of ketones is 1. The summed E-state index contributed by atoms with van der Waals surface area (Å²) in [5.74, 6) is -0.746. The van der Waals surface area contributed by atoms with E-state index in [0.717, 1.165) is 22.9 Å². The molecule has 0 aliphatic carbocycles. The van der Waals surface area contributed by atoms with E-state index < -0.39 is 11.8 Å². The average molecular weight is 517 g/mol. The van der Waals surface area contributed by atoms with E-state index in [9.17, 15) is 14.7 Å². The second-order valence-electron chi connectivity index (χ2n) is 9.65. The Morgan fingerprint density at radius 2 is 1.49 bits per heavy atom. The summed E-state index contributed by atoms with van der Waals surface area (Å²) in [6.45, 7) is 6.37. The number of benzene rings is 3. The van der Waals surface area contributed by atoms with Crippen molar-refractivity contribution in [1.29, 1.82) is 0 Å². The van der Waals surface area contributed by atoms with E-state index in [-0.39, 0.29) is 23.0 Å². The Hall–Kier alpha value is -4.04. The first-order valence-corrected chi connectivity index (χ1v) is 12.4. The van der Waals surface area contributed by atoms with Gasteiger partial charge in [0.25, 0.3) is 0 Å². The van der Waals surface area contributed by atoms with Crippen molar-refractivity contribution in [2.45, 2.75) is 32.6 Å². The first-order chi connectivity index (χ1) is 17.6. The zero-order valence-electron chi connectivity index (χ0n) is 21.4. The van der Waals surface area contributed by atoms with Gasteiger partial charge in [-0.2, -0.15) is 8.75 Å². The summed E-state index contributed by atoms with van der Waals surface area (Å²) in [6, 6.07) is 17.8. The van der Waals surface area contributed by atoms with Crippen molar-refractivity contribution < 1.29 is 24.2 Å². The Morgan fingerprint density at radius 3 is 2.11 bits per heavy atom. The molecular weight excluding hydrogens is 488 g/mol. The van der Waals surface area contributed by atoms with Crippen LogP contribution in [0.2, 0.25) is 0 Å². The first-order valence-electron chi connectivity index (χ1n) is 11.7. The fourth-order valence-electron chi connectivity index (χ4n) is 4.13. The molecule has 1 N–H and O–H groups in total. The van der Waals surface area contributed by atoms with Gasteiger partial charge in [0.2, 0.25) is 0 Å². The molecule has 0 aliphatic heterocycles. The van der Waals surface area contributed by atoms with Crippen molar-refractivity contribution in [2.75, 3.05) is 14.2 Å². The zero-order valence-corrected chi connectivity index (χ0v) is 22.2. The number of fused-ring (bicyclic) bond motifs is 1. The molecule has 8 heteroatoms. The van der Waals surface area contributed by atoms with Crippen LogP contribution in [0.5, 0.6) is 11.5 Å². The average Bonchev–Trinajstić information content (AvgIpc) is 3.35. The second kappa shape index (κ2) is 10.5. The third-order valence-electron chi connectivity index (χ3n) is 6.18. The number of hydrogen-bond donors (Lipinski definition) is 1. The van der Waals surface area contributed by atoms with E-state index in [1.807, 2.05) is 24.3 Å². The molecule has 0 amide bonds. The van der Waals surface area contributed by atoms with Crippen molar-refractivity contribution in [3.8, 4) is 11.5 Å². The van der Waals surface area contributed by atoms with E-state index in [1.165, 1.54) is 14.2 Å². The largest absolute Gasteiger partial charge is 0.493 e. The van der Waals surface area contributed by atoms with Gasteiger partial charge in [0.1, 0.15) is 11.0 Å². The number of methoxy groups -OCH3 is 2. The minimum atomic E-state index is -1.20. The van der Waals surface area contributed by atoms with Gasteiger partial charge in [-0.15, -0.1) is 0 Å². The standard InChI is InChI=1S/C29H28N2O5S/c1-29(2,3)20-10-6-17(7-11-20)14-21(27(32)19-9-13-24(35-4)25(16-19)36-5)26(28(33)34)18-8-12-22-23(15-18)31-37-30-22/h6-13,15-16H,14H2,1-5H3,(H,33,34)/b26-21+. The van der Waals surface area contributed by atoms with Gasteiger partial charge < -0.3 is 14.6 Å². The topological polar surface area (TPSA) is 98.6 Å². The van der Waals surface area contributed by atoms with Crippen LogP contribution in [0.4, 0.5) is 0 Å². The van der Waals surface area contributed by atoms with Crippen LogP contribution >= 0.6 is 11.7 Å². The van der Waals surface area contributed by atoms with E-state index in [2.05, 4.69) is 29.5 Å². The van der Waals surface area contributed by atoms with Crippen LogP contribution in [0.3, 0.4) is 0 Å². The Balaban J connectivity index is 1.89. The molecule has 4 rings (SSSR count). The van der Waals surface area contributed by atoms with Gasteiger partial charge in [0, 0.05) is 17.6 Å². The van der Waals surface area contributed by atoms with E-state index in [1.54, 1.807) is 36.4 Å². The maximum Gasteiger partial charge on any atom is 0.336 e. The van der Waals surface area contributed by atoms with Crippen molar-refractivity contribution in [2.24, 2.45) is 0 Å². The fraction of sp³-hybridized carbons (Fsp3) is 0.241. The number of hydrogen-bond acceptors (Lipinski definition) is 7. The summed E-state index contributed by atoms with van der Waals surface area (Å²) in [6.07, 6.45) is 0.132. The summed E-state index contributed by atoms with van der Waals surface area (Å²) in [4.78, 5) is 26.6. The normalized spacial score (nSPS) is 12.2. The number of aromatic nitrogens is 2. The fourth-order valence-corrected chi connectivity index (χ4v) is 4.64. The highest BCUT2D eigenvalue weighted by atomic mass is 32.1.